The topological polar surface area (TPSA) is 69.7 Å². The Morgan fingerprint density at radius 3 is 2.36 bits per heavy atom. The van der Waals surface area contributed by atoms with Crippen LogP contribution in [0.25, 0.3) is 0 Å². The number of benzene rings is 1. The molecule has 1 saturated heterocycles. The minimum absolute atomic E-state index is 0.0452. The number of anilines is 1. The van der Waals surface area contributed by atoms with Crippen molar-refractivity contribution in [2.24, 2.45) is 17.8 Å². The fraction of sp³-hybridized carbons (Fsp3) is 0.667. The summed E-state index contributed by atoms with van der Waals surface area (Å²) >= 11 is 0. The highest BCUT2D eigenvalue weighted by Gasteiger charge is 2.40. The van der Waals surface area contributed by atoms with Gasteiger partial charge in [-0.25, -0.2) is 8.42 Å². The summed E-state index contributed by atoms with van der Waals surface area (Å²) in [6.07, 6.45) is 5.70. The van der Waals surface area contributed by atoms with Crippen LogP contribution in [0, 0.1) is 17.8 Å². The molecule has 1 amide bonds. The molecule has 0 aromatic heterocycles. The van der Waals surface area contributed by atoms with Gasteiger partial charge in [-0.15, -0.1) is 0 Å². The van der Waals surface area contributed by atoms with Gasteiger partial charge in [0.05, 0.1) is 4.90 Å². The van der Waals surface area contributed by atoms with Crippen LogP contribution < -0.4 is 5.32 Å². The van der Waals surface area contributed by atoms with Crippen LogP contribution in [0.3, 0.4) is 0 Å². The highest BCUT2D eigenvalue weighted by atomic mass is 32.2. The number of sulfonamides is 1. The Morgan fingerprint density at radius 2 is 1.79 bits per heavy atom. The highest BCUT2D eigenvalue weighted by molar-refractivity contribution is 7.89. The molecule has 7 heteroatoms. The van der Waals surface area contributed by atoms with Gasteiger partial charge in [-0.3, -0.25) is 4.79 Å². The lowest BCUT2D eigenvalue weighted by atomic mass is 9.86. The minimum atomic E-state index is -3.47. The Kier molecular flexibility index (Phi) is 5.76. The molecule has 28 heavy (non-hydrogen) atoms. The van der Waals surface area contributed by atoms with Crippen LogP contribution >= 0.6 is 0 Å². The van der Waals surface area contributed by atoms with Crippen molar-refractivity contribution in [2.75, 3.05) is 38.0 Å². The third-order valence-electron chi connectivity index (χ3n) is 6.89. The number of hydrogen-bond acceptors (Lipinski definition) is 4. The molecule has 0 unspecified atom stereocenters. The maximum atomic E-state index is 12.8. The molecule has 1 aromatic rings. The lowest BCUT2D eigenvalue weighted by Gasteiger charge is -2.33. The molecule has 1 N–H and O–H groups in total. The third-order valence-corrected chi connectivity index (χ3v) is 8.80. The van der Waals surface area contributed by atoms with Crippen molar-refractivity contribution in [1.29, 1.82) is 0 Å². The Hall–Kier alpha value is -1.44. The maximum absolute atomic E-state index is 12.8. The first-order chi connectivity index (χ1) is 13.5. The average molecular weight is 406 g/mol. The van der Waals surface area contributed by atoms with E-state index in [-0.39, 0.29) is 5.91 Å². The molecule has 4 rings (SSSR count). The first kappa shape index (κ1) is 19.9. The predicted molar refractivity (Wildman–Crippen MR) is 109 cm³/mol. The molecule has 2 saturated carbocycles. The van der Waals surface area contributed by atoms with Gasteiger partial charge in [0, 0.05) is 38.3 Å². The molecule has 0 radical (unpaired) electrons. The fourth-order valence-corrected chi connectivity index (χ4v) is 6.64. The molecule has 1 aliphatic heterocycles. The number of carbonyl (C=O) groups is 1. The first-order valence-electron chi connectivity index (χ1n) is 10.6. The summed E-state index contributed by atoms with van der Waals surface area (Å²) in [5.41, 5.74) is 0.669. The van der Waals surface area contributed by atoms with E-state index in [1.807, 2.05) is 0 Å². The van der Waals surface area contributed by atoms with Gasteiger partial charge >= 0.3 is 0 Å². The first-order valence-corrected chi connectivity index (χ1v) is 12.0. The predicted octanol–water partition coefficient (Wildman–Crippen LogP) is 2.78. The van der Waals surface area contributed by atoms with Crippen LogP contribution in [-0.4, -0.2) is 56.3 Å². The van der Waals surface area contributed by atoms with Crippen LogP contribution in [0.15, 0.2) is 29.2 Å². The van der Waals surface area contributed by atoms with E-state index in [1.54, 1.807) is 28.6 Å². The van der Waals surface area contributed by atoms with Gasteiger partial charge in [0.25, 0.3) is 0 Å². The second kappa shape index (κ2) is 8.13. The summed E-state index contributed by atoms with van der Waals surface area (Å²) < 4.78 is 27.2. The third kappa shape index (κ3) is 4.11. The summed E-state index contributed by atoms with van der Waals surface area (Å²) in [4.78, 5) is 14.9. The number of likely N-dealkylation sites (N-methyl/N-ethyl adjacent to an activating group) is 1. The summed E-state index contributed by atoms with van der Waals surface area (Å²) in [7, 11) is -3.47. The van der Waals surface area contributed by atoms with E-state index in [9.17, 15) is 13.2 Å². The normalized spacial score (nSPS) is 28.5. The molecular weight excluding hydrogens is 374 g/mol. The van der Waals surface area contributed by atoms with Crippen molar-refractivity contribution < 1.29 is 13.2 Å². The Balaban J connectivity index is 1.33. The van der Waals surface area contributed by atoms with Gasteiger partial charge in [0.15, 0.2) is 0 Å². The smallest absolute Gasteiger partial charge is 0.243 e. The van der Waals surface area contributed by atoms with Crippen molar-refractivity contribution in [1.82, 2.24) is 9.21 Å². The molecule has 3 atom stereocenters. The molecule has 154 valence electrons. The maximum Gasteiger partial charge on any atom is 0.243 e. The van der Waals surface area contributed by atoms with E-state index in [4.69, 9.17) is 0 Å². The highest BCUT2D eigenvalue weighted by Crippen LogP contribution is 2.49. The molecule has 6 nitrogen and oxygen atoms in total. The number of nitrogens with zero attached hydrogens (tertiary/aromatic N) is 2. The molecule has 3 aliphatic rings. The number of rotatable bonds is 6. The number of hydrogen-bond donors (Lipinski definition) is 1. The molecule has 0 spiro atoms. The SMILES string of the molecule is CCN1CCN(S(=O)(=O)c2ccc(NC(=O)C[C@H]3C[C@H]4CC[C@@H]3C4)cc2)CC1. The lowest BCUT2D eigenvalue weighted by Crippen LogP contribution is -2.48. The number of carbonyl (C=O) groups excluding carboxylic acids is 1. The summed E-state index contributed by atoms with van der Waals surface area (Å²) in [6, 6.07) is 6.62. The summed E-state index contributed by atoms with van der Waals surface area (Å²) in [5.74, 6) is 2.15. The number of nitrogens with one attached hydrogen (secondary N) is 1. The van der Waals surface area contributed by atoms with E-state index >= 15 is 0 Å². The van der Waals surface area contributed by atoms with Crippen molar-refractivity contribution in [3.05, 3.63) is 24.3 Å². The van der Waals surface area contributed by atoms with Crippen molar-refractivity contribution in [3.63, 3.8) is 0 Å². The Labute approximate surface area is 168 Å². The standard InChI is InChI=1S/C21H31N3O3S/c1-2-23-9-11-24(12-10-23)28(26,27)20-7-5-19(6-8-20)22-21(25)15-18-14-16-3-4-17(18)13-16/h5-8,16-18H,2-4,9-15H2,1H3,(H,22,25)/t16-,17+,18+/m0/s1. The Morgan fingerprint density at radius 1 is 1.07 bits per heavy atom. The van der Waals surface area contributed by atoms with Crippen LogP contribution in [0.4, 0.5) is 5.69 Å². The fourth-order valence-electron chi connectivity index (χ4n) is 5.22. The summed E-state index contributed by atoms with van der Waals surface area (Å²) in [6.45, 7) is 5.63. The van der Waals surface area contributed by atoms with Crippen LogP contribution in [-0.2, 0) is 14.8 Å². The molecule has 1 heterocycles. The van der Waals surface area contributed by atoms with E-state index in [2.05, 4.69) is 17.1 Å². The van der Waals surface area contributed by atoms with E-state index in [0.29, 0.717) is 36.0 Å². The molecule has 2 aliphatic carbocycles. The second-order valence-electron chi connectivity index (χ2n) is 8.55. The lowest BCUT2D eigenvalue weighted by molar-refractivity contribution is -0.117. The quantitative estimate of drug-likeness (QED) is 0.790. The zero-order valence-electron chi connectivity index (χ0n) is 16.6. The van der Waals surface area contributed by atoms with Gasteiger partial charge in [-0.05, 0) is 67.8 Å². The van der Waals surface area contributed by atoms with Gasteiger partial charge in [0.1, 0.15) is 0 Å². The zero-order valence-corrected chi connectivity index (χ0v) is 17.5. The number of fused-ring (bicyclic) bond motifs is 2. The monoisotopic (exact) mass is 405 g/mol. The minimum Gasteiger partial charge on any atom is -0.326 e. The van der Waals surface area contributed by atoms with Crippen LogP contribution in [0.1, 0.15) is 39.0 Å². The van der Waals surface area contributed by atoms with E-state index < -0.39 is 10.0 Å². The average Bonchev–Trinajstić information content (AvgIpc) is 3.31. The molecular formula is C21H31N3O3S. The van der Waals surface area contributed by atoms with Crippen molar-refractivity contribution in [2.45, 2.75) is 43.9 Å². The van der Waals surface area contributed by atoms with Gasteiger partial charge < -0.3 is 10.2 Å². The zero-order chi connectivity index (χ0) is 19.7. The van der Waals surface area contributed by atoms with Crippen molar-refractivity contribution in [3.8, 4) is 0 Å². The van der Waals surface area contributed by atoms with E-state index in [1.165, 1.54) is 25.7 Å². The molecule has 2 bridgehead atoms. The van der Waals surface area contributed by atoms with Gasteiger partial charge in [-0.2, -0.15) is 4.31 Å². The van der Waals surface area contributed by atoms with Gasteiger partial charge in [-0.1, -0.05) is 13.3 Å². The largest absolute Gasteiger partial charge is 0.326 e. The summed E-state index contributed by atoms with van der Waals surface area (Å²) in [5, 5.41) is 2.95. The Bertz CT molecular complexity index is 801. The van der Waals surface area contributed by atoms with Gasteiger partial charge in [0.2, 0.25) is 15.9 Å². The van der Waals surface area contributed by atoms with Crippen LogP contribution in [0.2, 0.25) is 0 Å². The molecule has 1 aromatic carbocycles. The van der Waals surface area contributed by atoms with Crippen molar-refractivity contribution >= 4 is 21.6 Å². The van der Waals surface area contributed by atoms with E-state index in [0.717, 1.165) is 31.5 Å². The number of amides is 1. The number of piperazine rings is 1. The molecule has 3 fully saturated rings. The second-order valence-corrected chi connectivity index (χ2v) is 10.5. The van der Waals surface area contributed by atoms with Crippen LogP contribution in [0.5, 0.6) is 0 Å².